The second-order valence-electron chi connectivity index (χ2n) is 9.40. The summed E-state index contributed by atoms with van der Waals surface area (Å²) in [6, 6.07) is 3.98. The number of piperidine rings is 1. The minimum absolute atomic E-state index is 0.144. The van der Waals surface area contributed by atoms with Crippen molar-refractivity contribution in [3.63, 3.8) is 0 Å². The van der Waals surface area contributed by atoms with Crippen LogP contribution in [0.2, 0.25) is 10.2 Å². The average molecular weight is 545 g/mol. The predicted octanol–water partition coefficient (Wildman–Crippen LogP) is 6.37. The molecule has 2 saturated heterocycles. The van der Waals surface area contributed by atoms with Crippen LogP contribution in [0.25, 0.3) is 10.9 Å². The number of nitrogens with one attached hydrogen (secondary N) is 2. The average Bonchev–Trinajstić information content (AvgIpc) is 3.60. The summed E-state index contributed by atoms with van der Waals surface area (Å²) in [5.41, 5.74) is 2.84. The molecule has 1 saturated carbocycles. The van der Waals surface area contributed by atoms with E-state index in [2.05, 4.69) is 43.4 Å². The molecule has 0 amide bonds. The summed E-state index contributed by atoms with van der Waals surface area (Å²) in [4.78, 5) is 11.0. The molecule has 1 unspecified atom stereocenters. The molecule has 196 valence electrons. The second-order valence-corrected chi connectivity index (χ2v) is 10.2. The zero-order valence-electron chi connectivity index (χ0n) is 19.9. The number of likely N-dealkylation sites (tertiary alicyclic amines) is 1. The smallest absolute Gasteiger partial charge is 0.229 e. The highest BCUT2D eigenvalue weighted by Gasteiger charge is 2.41. The van der Waals surface area contributed by atoms with Crippen molar-refractivity contribution in [3.05, 3.63) is 40.3 Å². The number of fused-ring (bicyclic) bond motifs is 1. The predicted molar refractivity (Wildman–Crippen MR) is 135 cm³/mol. The van der Waals surface area contributed by atoms with Gasteiger partial charge in [-0.3, -0.25) is 10.00 Å². The van der Waals surface area contributed by atoms with Crippen LogP contribution in [0.3, 0.4) is 0 Å². The van der Waals surface area contributed by atoms with Gasteiger partial charge in [0.2, 0.25) is 12.9 Å². The summed E-state index contributed by atoms with van der Waals surface area (Å²) in [7, 11) is 0. The van der Waals surface area contributed by atoms with Gasteiger partial charge >= 0.3 is 0 Å². The van der Waals surface area contributed by atoms with Gasteiger partial charge in [-0.05, 0) is 62.8 Å². The van der Waals surface area contributed by atoms with Gasteiger partial charge in [-0.15, -0.1) is 0 Å². The Morgan fingerprint density at radius 3 is 2.53 bits per heavy atom. The van der Waals surface area contributed by atoms with Crippen molar-refractivity contribution in [1.82, 2.24) is 25.1 Å². The molecule has 0 bridgehead atoms. The number of nitrogens with zero attached hydrogens (tertiary/aromatic N) is 4. The molecule has 2 N–H and O–H groups in total. The molecular formula is C24H29Cl2F3N6O. The molecule has 7 nitrogen and oxygen atoms in total. The van der Waals surface area contributed by atoms with Crippen LogP contribution in [-0.2, 0) is 4.74 Å². The molecule has 3 aliphatic rings. The van der Waals surface area contributed by atoms with Crippen LogP contribution in [0.1, 0.15) is 44.1 Å². The van der Waals surface area contributed by atoms with E-state index >= 15 is 0 Å². The first-order valence-electron chi connectivity index (χ1n) is 11.8. The fourth-order valence-electron chi connectivity index (χ4n) is 4.31. The van der Waals surface area contributed by atoms with Crippen LogP contribution in [0.4, 0.5) is 24.8 Å². The van der Waals surface area contributed by atoms with E-state index in [-0.39, 0.29) is 5.54 Å². The Balaban J connectivity index is 0.000000172. The van der Waals surface area contributed by atoms with E-state index in [1.165, 1.54) is 18.4 Å². The Labute approximate surface area is 217 Å². The molecule has 2 aliphatic heterocycles. The summed E-state index contributed by atoms with van der Waals surface area (Å²) in [6.45, 7) is 3.62. The number of hydrogen-bond acceptors (Lipinski definition) is 6. The molecule has 0 radical (unpaired) electrons. The molecule has 6 rings (SSSR count). The first-order chi connectivity index (χ1) is 17.3. The SMILES string of the molecule is CC1(N2CCCC(F)C2)COC1.Clc1cc2cnc(Nc3cn[nH]c3Cl)nc2cc1C1CC1.FCF. The van der Waals surface area contributed by atoms with Gasteiger partial charge in [0.1, 0.15) is 11.3 Å². The normalized spacial score (nSPS) is 21.0. The largest absolute Gasteiger partial charge is 0.377 e. The first kappa shape index (κ1) is 26.9. The van der Waals surface area contributed by atoms with Gasteiger partial charge in [0.15, 0.2) is 0 Å². The number of hydrogen-bond donors (Lipinski definition) is 2. The number of alkyl halides is 3. The van der Waals surface area contributed by atoms with Gasteiger partial charge in [-0.1, -0.05) is 23.2 Å². The van der Waals surface area contributed by atoms with Crippen LogP contribution in [-0.4, -0.2) is 70.0 Å². The number of ether oxygens (including phenoxy) is 1. The summed E-state index contributed by atoms with van der Waals surface area (Å²) < 4.78 is 37.5. The van der Waals surface area contributed by atoms with Gasteiger partial charge in [0.25, 0.3) is 0 Å². The number of anilines is 2. The van der Waals surface area contributed by atoms with Crippen LogP contribution in [0.5, 0.6) is 0 Å². The molecule has 1 atom stereocenters. The van der Waals surface area contributed by atoms with Crippen molar-refractivity contribution in [2.24, 2.45) is 0 Å². The maximum atomic E-state index is 13.0. The molecule has 12 heteroatoms. The highest BCUT2D eigenvalue weighted by Crippen LogP contribution is 2.44. The molecule has 3 aromatic rings. The number of rotatable bonds is 4. The minimum atomic E-state index is -1.75. The van der Waals surface area contributed by atoms with Crippen molar-refractivity contribution in [3.8, 4) is 0 Å². The zero-order valence-corrected chi connectivity index (χ0v) is 21.4. The molecule has 4 heterocycles. The monoisotopic (exact) mass is 544 g/mol. The van der Waals surface area contributed by atoms with Crippen LogP contribution >= 0.6 is 23.2 Å². The number of benzene rings is 1. The van der Waals surface area contributed by atoms with Crippen molar-refractivity contribution in [1.29, 1.82) is 0 Å². The lowest BCUT2D eigenvalue weighted by Gasteiger charge is -2.49. The summed E-state index contributed by atoms with van der Waals surface area (Å²) in [5, 5.41) is 11.7. The van der Waals surface area contributed by atoms with E-state index in [1.54, 1.807) is 12.4 Å². The summed E-state index contributed by atoms with van der Waals surface area (Å²) >= 11 is 12.3. The van der Waals surface area contributed by atoms with E-state index in [9.17, 15) is 13.2 Å². The molecule has 1 aliphatic carbocycles. The molecule has 0 spiro atoms. The first-order valence-corrected chi connectivity index (χ1v) is 12.6. The standard InChI is InChI=1S/C14H11Cl2N5.C9H16FNO.CH2F2/c15-10-3-8-5-17-14(20-12-6-18-21-13(12)16)19-11(8)4-9(10)7-1-2-7;1-9(6-12-7-9)11-4-2-3-8(10)5-11;2-1-3/h3-7H,1-2H2,(H,18,21)(H,17,19,20);8H,2-7H2,1H3;1H2. The Hall–Kier alpha value is -2.14. The molecule has 2 aromatic heterocycles. The number of aromatic nitrogens is 4. The third-order valence-electron chi connectivity index (χ3n) is 6.51. The summed E-state index contributed by atoms with van der Waals surface area (Å²) in [6.07, 6.45) is 6.87. The van der Waals surface area contributed by atoms with Gasteiger partial charge in [0.05, 0.1) is 36.2 Å². The van der Waals surface area contributed by atoms with Gasteiger partial charge in [-0.2, -0.15) is 5.10 Å². The lowest BCUT2D eigenvalue weighted by Crippen LogP contribution is -2.62. The molecule has 3 fully saturated rings. The van der Waals surface area contributed by atoms with Crippen LogP contribution in [0, 0.1) is 0 Å². The fourth-order valence-corrected chi connectivity index (χ4v) is 4.78. The Kier molecular flexibility index (Phi) is 8.92. The Bertz CT molecular complexity index is 1160. The third kappa shape index (κ3) is 6.59. The fraction of sp³-hybridized carbons (Fsp3) is 0.542. The highest BCUT2D eigenvalue weighted by atomic mass is 35.5. The van der Waals surface area contributed by atoms with E-state index < -0.39 is 13.1 Å². The van der Waals surface area contributed by atoms with E-state index in [1.807, 2.05) is 6.07 Å². The summed E-state index contributed by atoms with van der Waals surface area (Å²) in [5.74, 6) is 1.06. The van der Waals surface area contributed by atoms with E-state index in [0.717, 1.165) is 48.5 Å². The van der Waals surface area contributed by atoms with Crippen LogP contribution in [0.15, 0.2) is 24.5 Å². The van der Waals surface area contributed by atoms with E-state index in [4.69, 9.17) is 27.9 Å². The second kappa shape index (κ2) is 11.9. The number of aromatic amines is 1. The molecule has 1 aromatic carbocycles. The highest BCUT2D eigenvalue weighted by molar-refractivity contribution is 6.32. The third-order valence-corrected chi connectivity index (χ3v) is 7.12. The topological polar surface area (TPSA) is 79.0 Å². The van der Waals surface area contributed by atoms with Gasteiger partial charge in [0, 0.05) is 23.2 Å². The Morgan fingerprint density at radius 2 is 1.94 bits per heavy atom. The lowest BCUT2D eigenvalue weighted by atomic mass is 9.94. The molecular weight excluding hydrogens is 516 g/mol. The van der Waals surface area contributed by atoms with Crippen LogP contribution < -0.4 is 5.32 Å². The number of H-pyrrole nitrogens is 1. The van der Waals surface area contributed by atoms with Gasteiger partial charge in [-0.25, -0.2) is 23.1 Å². The molecule has 36 heavy (non-hydrogen) atoms. The lowest BCUT2D eigenvalue weighted by molar-refractivity contribution is -0.141. The Morgan fingerprint density at radius 1 is 1.19 bits per heavy atom. The quantitative estimate of drug-likeness (QED) is 0.397. The van der Waals surface area contributed by atoms with Crippen molar-refractivity contribution in [2.45, 2.75) is 50.2 Å². The van der Waals surface area contributed by atoms with Crippen molar-refractivity contribution in [2.75, 3.05) is 38.5 Å². The van der Waals surface area contributed by atoms with Gasteiger partial charge < -0.3 is 10.1 Å². The number of halogens is 5. The maximum Gasteiger partial charge on any atom is 0.229 e. The van der Waals surface area contributed by atoms with Crippen molar-refractivity contribution >= 4 is 45.7 Å². The maximum absolute atomic E-state index is 13.0. The zero-order chi connectivity index (χ0) is 25.7. The van der Waals surface area contributed by atoms with E-state index in [0.29, 0.717) is 29.3 Å². The minimum Gasteiger partial charge on any atom is -0.377 e. The van der Waals surface area contributed by atoms with Crippen molar-refractivity contribution < 1.29 is 17.9 Å².